The monoisotopic (exact) mass is 301 g/mol. The third-order valence-electron chi connectivity index (χ3n) is 4.08. The zero-order valence-corrected chi connectivity index (χ0v) is 13.2. The lowest BCUT2D eigenvalue weighted by atomic mass is 10.0. The summed E-state index contributed by atoms with van der Waals surface area (Å²) in [6, 6.07) is 12.4. The summed E-state index contributed by atoms with van der Waals surface area (Å²) in [7, 11) is 0. The number of nitrogens with zero attached hydrogens (tertiary/aromatic N) is 3. The largest absolute Gasteiger partial charge is 0.353 e. The first-order chi connectivity index (χ1) is 10.1. The van der Waals surface area contributed by atoms with Crippen LogP contribution in [0, 0.1) is 5.92 Å². The second kappa shape index (κ2) is 6.02. The molecular formula is C17H20ClN3. The van der Waals surface area contributed by atoms with E-state index in [0.717, 1.165) is 17.9 Å². The normalized spacial score (nSPS) is 18.5. The smallest absolute Gasteiger partial charge is 0.163 e. The van der Waals surface area contributed by atoms with Gasteiger partial charge in [-0.3, -0.25) is 0 Å². The van der Waals surface area contributed by atoms with Crippen LogP contribution in [0.25, 0.3) is 11.4 Å². The second-order valence-corrected chi connectivity index (χ2v) is 6.27. The van der Waals surface area contributed by atoms with E-state index in [2.05, 4.69) is 23.7 Å². The molecule has 1 unspecified atom stereocenters. The molecule has 1 saturated heterocycles. The minimum absolute atomic E-state index is 0.508. The minimum Gasteiger partial charge on any atom is -0.353 e. The number of hydrogen-bond acceptors (Lipinski definition) is 3. The van der Waals surface area contributed by atoms with Gasteiger partial charge in [0.25, 0.3) is 0 Å². The van der Waals surface area contributed by atoms with Gasteiger partial charge in [0.1, 0.15) is 11.0 Å². The zero-order chi connectivity index (χ0) is 14.8. The van der Waals surface area contributed by atoms with Crippen molar-refractivity contribution in [1.29, 1.82) is 0 Å². The van der Waals surface area contributed by atoms with Crippen LogP contribution >= 0.6 is 11.6 Å². The Morgan fingerprint density at radius 2 is 1.95 bits per heavy atom. The molecule has 0 radical (unpaired) electrons. The molecule has 1 atom stereocenters. The minimum atomic E-state index is 0.508. The van der Waals surface area contributed by atoms with Gasteiger partial charge >= 0.3 is 0 Å². The Hall–Kier alpha value is -1.61. The molecule has 0 spiro atoms. The molecule has 0 saturated carbocycles. The summed E-state index contributed by atoms with van der Waals surface area (Å²) in [6.07, 6.45) is 2.44. The van der Waals surface area contributed by atoms with Gasteiger partial charge in [0.2, 0.25) is 0 Å². The Morgan fingerprint density at radius 1 is 1.19 bits per heavy atom. The van der Waals surface area contributed by atoms with Crippen LogP contribution in [0.2, 0.25) is 5.15 Å². The summed E-state index contributed by atoms with van der Waals surface area (Å²) in [5.41, 5.74) is 1.00. The molecule has 110 valence electrons. The van der Waals surface area contributed by atoms with Crippen molar-refractivity contribution < 1.29 is 0 Å². The highest BCUT2D eigenvalue weighted by Crippen LogP contribution is 2.30. The first-order valence-corrected chi connectivity index (χ1v) is 7.89. The predicted molar refractivity (Wildman–Crippen MR) is 87.7 cm³/mol. The fraction of sp³-hybridized carbons (Fsp3) is 0.412. The summed E-state index contributed by atoms with van der Waals surface area (Å²) < 4.78 is 0. The van der Waals surface area contributed by atoms with Gasteiger partial charge in [0.15, 0.2) is 5.82 Å². The molecule has 2 aromatic rings. The van der Waals surface area contributed by atoms with Gasteiger partial charge in [-0.1, -0.05) is 55.8 Å². The topological polar surface area (TPSA) is 29.0 Å². The van der Waals surface area contributed by atoms with E-state index >= 15 is 0 Å². The van der Waals surface area contributed by atoms with Gasteiger partial charge in [-0.05, 0) is 18.8 Å². The molecule has 1 fully saturated rings. The van der Waals surface area contributed by atoms with Crippen molar-refractivity contribution in [1.82, 2.24) is 9.97 Å². The lowest BCUT2D eigenvalue weighted by Gasteiger charge is -2.29. The maximum atomic E-state index is 6.23. The van der Waals surface area contributed by atoms with Gasteiger partial charge in [-0.2, -0.15) is 0 Å². The number of rotatable bonds is 3. The summed E-state index contributed by atoms with van der Waals surface area (Å²) in [5, 5.41) is 0.508. The lowest BCUT2D eigenvalue weighted by molar-refractivity contribution is 0.489. The van der Waals surface area contributed by atoms with E-state index in [0.29, 0.717) is 22.9 Å². The third kappa shape index (κ3) is 3.03. The Balaban J connectivity index is 1.98. The van der Waals surface area contributed by atoms with Gasteiger partial charge < -0.3 is 4.90 Å². The average molecular weight is 302 g/mol. The first kappa shape index (κ1) is 14.3. The van der Waals surface area contributed by atoms with Crippen LogP contribution in [0.1, 0.15) is 26.7 Å². The Bertz CT molecular complexity index is 613. The summed E-state index contributed by atoms with van der Waals surface area (Å²) in [4.78, 5) is 11.5. The number of anilines is 1. The van der Waals surface area contributed by atoms with Crippen molar-refractivity contribution in [3.8, 4) is 11.4 Å². The van der Waals surface area contributed by atoms with Crippen LogP contribution < -0.4 is 4.90 Å². The zero-order valence-electron chi connectivity index (χ0n) is 12.5. The fourth-order valence-electron chi connectivity index (χ4n) is 3.04. The van der Waals surface area contributed by atoms with Crippen molar-refractivity contribution in [3.05, 3.63) is 41.6 Å². The molecule has 3 nitrogen and oxygen atoms in total. The highest BCUT2D eigenvalue weighted by Gasteiger charge is 2.28. The van der Waals surface area contributed by atoms with Crippen LogP contribution in [0.3, 0.4) is 0 Å². The molecule has 3 rings (SSSR count). The quantitative estimate of drug-likeness (QED) is 0.786. The maximum absolute atomic E-state index is 6.23. The highest BCUT2D eigenvalue weighted by atomic mass is 35.5. The van der Waals surface area contributed by atoms with E-state index in [-0.39, 0.29) is 0 Å². The molecular weight excluding hydrogens is 282 g/mol. The van der Waals surface area contributed by atoms with Crippen molar-refractivity contribution in [3.63, 3.8) is 0 Å². The number of aromatic nitrogens is 2. The third-order valence-corrected chi connectivity index (χ3v) is 4.27. The fourth-order valence-corrected chi connectivity index (χ4v) is 3.22. The van der Waals surface area contributed by atoms with E-state index < -0.39 is 0 Å². The molecule has 0 aliphatic carbocycles. The second-order valence-electron chi connectivity index (χ2n) is 5.89. The van der Waals surface area contributed by atoms with E-state index in [1.807, 2.05) is 36.4 Å². The molecule has 1 aromatic carbocycles. The van der Waals surface area contributed by atoms with Crippen LogP contribution in [0.5, 0.6) is 0 Å². The first-order valence-electron chi connectivity index (χ1n) is 7.52. The van der Waals surface area contributed by atoms with E-state index in [1.54, 1.807) is 0 Å². The van der Waals surface area contributed by atoms with Crippen molar-refractivity contribution in [2.45, 2.75) is 32.7 Å². The van der Waals surface area contributed by atoms with Crippen LogP contribution in [-0.2, 0) is 0 Å². The van der Waals surface area contributed by atoms with Gasteiger partial charge in [-0.15, -0.1) is 0 Å². The molecule has 21 heavy (non-hydrogen) atoms. The van der Waals surface area contributed by atoms with E-state index in [1.165, 1.54) is 12.8 Å². The van der Waals surface area contributed by atoms with Crippen LogP contribution in [-0.4, -0.2) is 22.6 Å². The molecule has 0 amide bonds. The molecule has 0 N–H and O–H groups in total. The molecule has 1 aromatic heterocycles. The molecule has 1 aliphatic heterocycles. The van der Waals surface area contributed by atoms with E-state index in [4.69, 9.17) is 16.6 Å². The molecule has 2 heterocycles. The summed E-state index contributed by atoms with van der Waals surface area (Å²) in [5.74, 6) is 2.26. The average Bonchev–Trinajstić information content (AvgIpc) is 2.97. The number of hydrogen-bond donors (Lipinski definition) is 0. The van der Waals surface area contributed by atoms with E-state index in [9.17, 15) is 0 Å². The molecule has 4 heteroatoms. The predicted octanol–water partition coefficient (Wildman–Crippen LogP) is 4.42. The van der Waals surface area contributed by atoms with Crippen molar-refractivity contribution in [2.75, 3.05) is 11.4 Å². The van der Waals surface area contributed by atoms with Gasteiger partial charge in [0.05, 0.1) is 0 Å². The van der Waals surface area contributed by atoms with Crippen molar-refractivity contribution in [2.24, 2.45) is 5.92 Å². The number of halogens is 1. The summed E-state index contributed by atoms with van der Waals surface area (Å²) in [6.45, 7) is 5.58. The lowest BCUT2D eigenvalue weighted by Crippen LogP contribution is -2.34. The van der Waals surface area contributed by atoms with Gasteiger partial charge in [0, 0.05) is 24.2 Å². The number of benzene rings is 1. The summed E-state index contributed by atoms with van der Waals surface area (Å²) >= 11 is 6.23. The Kier molecular flexibility index (Phi) is 4.11. The van der Waals surface area contributed by atoms with Gasteiger partial charge in [-0.25, -0.2) is 9.97 Å². The SMILES string of the molecule is CC(C)C1CCCN1c1cc(Cl)nc(-c2ccccc2)n1. The Labute approximate surface area is 131 Å². The standard InChI is InChI=1S/C17H20ClN3/c1-12(2)14-9-6-10-21(14)16-11-15(18)19-17(20-16)13-7-4-3-5-8-13/h3-5,7-8,11-12,14H,6,9-10H2,1-2H3. The van der Waals surface area contributed by atoms with Crippen LogP contribution in [0.15, 0.2) is 36.4 Å². The van der Waals surface area contributed by atoms with Crippen LogP contribution in [0.4, 0.5) is 5.82 Å². The molecule has 1 aliphatic rings. The highest BCUT2D eigenvalue weighted by molar-refractivity contribution is 6.29. The van der Waals surface area contributed by atoms with Crippen molar-refractivity contribution >= 4 is 17.4 Å². The Morgan fingerprint density at radius 3 is 2.67 bits per heavy atom. The maximum Gasteiger partial charge on any atom is 0.163 e. The molecule has 0 bridgehead atoms.